The minimum Gasteiger partial charge on any atom is -0.378 e. The summed E-state index contributed by atoms with van der Waals surface area (Å²) in [7, 11) is 1.80. The minimum absolute atomic E-state index is 0.0535. The first kappa shape index (κ1) is 17.0. The highest BCUT2D eigenvalue weighted by Gasteiger charge is 2.19. The molecule has 0 unspecified atom stereocenters. The van der Waals surface area contributed by atoms with Crippen molar-refractivity contribution in [1.82, 2.24) is 9.80 Å². The Labute approximate surface area is 141 Å². The number of nitrogens with one attached hydrogen (secondary N) is 1. The number of hydrogen-bond donors (Lipinski definition) is 1. The molecule has 22 heavy (non-hydrogen) atoms. The third-order valence-electron chi connectivity index (χ3n) is 3.59. The van der Waals surface area contributed by atoms with Gasteiger partial charge in [-0.1, -0.05) is 17.7 Å². The fourth-order valence-corrected chi connectivity index (χ4v) is 2.49. The zero-order chi connectivity index (χ0) is 16.1. The van der Waals surface area contributed by atoms with Gasteiger partial charge < -0.3 is 19.9 Å². The number of rotatable bonds is 3. The zero-order valence-electron chi connectivity index (χ0n) is 12.8. The van der Waals surface area contributed by atoms with E-state index >= 15 is 0 Å². The molecular weight excluding hydrogens is 322 g/mol. The Kier molecular flexibility index (Phi) is 5.99. The largest absolute Gasteiger partial charge is 0.378 e. The van der Waals surface area contributed by atoms with Gasteiger partial charge >= 0.3 is 0 Å². The number of nitrogens with zero attached hydrogens (tertiary/aromatic N) is 2. The van der Waals surface area contributed by atoms with E-state index in [1.807, 2.05) is 25.1 Å². The van der Waals surface area contributed by atoms with Crippen molar-refractivity contribution in [3.05, 3.63) is 28.8 Å². The predicted molar refractivity (Wildman–Crippen MR) is 92.4 cm³/mol. The molecule has 5 nitrogen and oxygen atoms in total. The monoisotopic (exact) mass is 341 g/mol. The van der Waals surface area contributed by atoms with Gasteiger partial charge in [-0.05, 0) is 36.8 Å². The van der Waals surface area contributed by atoms with E-state index in [1.54, 1.807) is 16.8 Å². The SMILES string of the molecule is Cc1c(Cl)cccc1NC(=S)N(C)CC(=O)N1CCOCC1. The van der Waals surface area contributed by atoms with Crippen molar-refractivity contribution < 1.29 is 9.53 Å². The maximum atomic E-state index is 12.2. The second-order valence-corrected chi connectivity index (χ2v) is 5.99. The summed E-state index contributed by atoms with van der Waals surface area (Å²) in [5.41, 5.74) is 1.78. The number of anilines is 1. The van der Waals surface area contributed by atoms with Gasteiger partial charge in [-0.25, -0.2) is 0 Å². The van der Waals surface area contributed by atoms with Gasteiger partial charge in [0.2, 0.25) is 5.91 Å². The number of morpholine rings is 1. The third-order valence-corrected chi connectivity index (χ3v) is 4.42. The first-order chi connectivity index (χ1) is 10.5. The predicted octanol–water partition coefficient (Wildman–Crippen LogP) is 2.14. The highest BCUT2D eigenvalue weighted by Crippen LogP contribution is 2.23. The van der Waals surface area contributed by atoms with Crippen LogP contribution >= 0.6 is 23.8 Å². The van der Waals surface area contributed by atoms with Crippen LogP contribution in [0.1, 0.15) is 5.56 Å². The third kappa shape index (κ3) is 4.32. The Bertz CT molecular complexity index is 562. The van der Waals surface area contributed by atoms with E-state index in [0.29, 0.717) is 36.4 Å². The van der Waals surface area contributed by atoms with Crippen molar-refractivity contribution >= 4 is 40.5 Å². The quantitative estimate of drug-likeness (QED) is 0.853. The van der Waals surface area contributed by atoms with E-state index in [2.05, 4.69) is 5.32 Å². The van der Waals surface area contributed by atoms with E-state index < -0.39 is 0 Å². The van der Waals surface area contributed by atoms with Gasteiger partial charge in [-0.15, -0.1) is 0 Å². The Morgan fingerprint density at radius 2 is 2.14 bits per heavy atom. The highest BCUT2D eigenvalue weighted by atomic mass is 35.5. The number of hydrogen-bond acceptors (Lipinski definition) is 3. The molecule has 1 N–H and O–H groups in total. The molecule has 1 heterocycles. The molecule has 7 heteroatoms. The number of benzene rings is 1. The zero-order valence-corrected chi connectivity index (χ0v) is 14.3. The van der Waals surface area contributed by atoms with E-state index in [0.717, 1.165) is 11.3 Å². The molecule has 1 aromatic carbocycles. The smallest absolute Gasteiger partial charge is 0.242 e. The van der Waals surface area contributed by atoms with Crippen LogP contribution in [0.5, 0.6) is 0 Å². The van der Waals surface area contributed by atoms with Crippen molar-refractivity contribution in [2.24, 2.45) is 0 Å². The average Bonchev–Trinajstić information content (AvgIpc) is 2.52. The molecule has 0 radical (unpaired) electrons. The van der Waals surface area contributed by atoms with E-state index in [4.69, 9.17) is 28.6 Å². The molecule has 0 saturated carbocycles. The first-order valence-electron chi connectivity index (χ1n) is 7.12. The van der Waals surface area contributed by atoms with Gasteiger partial charge in [-0.2, -0.15) is 0 Å². The molecule has 0 spiro atoms. The fraction of sp³-hybridized carbons (Fsp3) is 0.467. The number of carbonyl (C=O) groups is 1. The molecule has 1 aromatic rings. The fourth-order valence-electron chi connectivity index (χ4n) is 2.14. The molecule has 0 aliphatic carbocycles. The number of thiocarbonyl (C=S) groups is 1. The Morgan fingerprint density at radius 3 is 2.82 bits per heavy atom. The molecule has 0 aromatic heterocycles. The molecule has 1 aliphatic heterocycles. The van der Waals surface area contributed by atoms with Crippen LogP contribution in [0.25, 0.3) is 0 Å². The summed E-state index contributed by atoms with van der Waals surface area (Å²) in [6, 6.07) is 5.60. The van der Waals surface area contributed by atoms with Crippen LogP contribution in [-0.4, -0.2) is 60.7 Å². The van der Waals surface area contributed by atoms with Crippen molar-refractivity contribution in [2.75, 3.05) is 45.2 Å². The van der Waals surface area contributed by atoms with Crippen LogP contribution < -0.4 is 5.32 Å². The van der Waals surface area contributed by atoms with Crippen molar-refractivity contribution in [2.45, 2.75) is 6.92 Å². The molecule has 1 aliphatic rings. The van der Waals surface area contributed by atoms with Gasteiger partial charge in [0.05, 0.1) is 19.8 Å². The van der Waals surface area contributed by atoms with E-state index in [9.17, 15) is 4.79 Å². The van der Waals surface area contributed by atoms with Crippen LogP contribution in [-0.2, 0) is 9.53 Å². The molecule has 1 amide bonds. The van der Waals surface area contributed by atoms with Crippen molar-refractivity contribution in [1.29, 1.82) is 0 Å². The van der Waals surface area contributed by atoms with Crippen molar-refractivity contribution in [3.63, 3.8) is 0 Å². The standard InChI is InChI=1S/C15H20ClN3O2S/c1-11-12(16)4-3-5-13(11)17-15(22)18(2)10-14(20)19-6-8-21-9-7-19/h3-5H,6-10H2,1-2H3,(H,17,22). The van der Waals surface area contributed by atoms with Gasteiger partial charge in [0.15, 0.2) is 5.11 Å². The van der Waals surface area contributed by atoms with Gasteiger partial charge in [0.1, 0.15) is 0 Å². The Balaban J connectivity index is 1.91. The molecule has 1 fully saturated rings. The van der Waals surface area contributed by atoms with Gasteiger partial charge in [-0.3, -0.25) is 4.79 Å². The average molecular weight is 342 g/mol. The van der Waals surface area contributed by atoms with Crippen LogP contribution in [0.2, 0.25) is 5.02 Å². The molecular formula is C15H20ClN3O2S. The lowest BCUT2D eigenvalue weighted by Crippen LogP contribution is -2.46. The number of likely N-dealkylation sites (N-methyl/N-ethyl adjacent to an activating group) is 1. The molecule has 2 rings (SSSR count). The number of ether oxygens (including phenoxy) is 1. The number of amides is 1. The maximum Gasteiger partial charge on any atom is 0.242 e. The maximum absolute atomic E-state index is 12.2. The summed E-state index contributed by atoms with van der Waals surface area (Å²) in [6.45, 7) is 4.64. The van der Waals surface area contributed by atoms with Crippen LogP contribution in [0.15, 0.2) is 18.2 Å². The summed E-state index contributed by atoms with van der Waals surface area (Å²) in [6.07, 6.45) is 0. The van der Waals surface area contributed by atoms with Crippen molar-refractivity contribution in [3.8, 4) is 0 Å². The lowest BCUT2D eigenvalue weighted by Gasteiger charge is -2.29. The number of carbonyl (C=O) groups excluding carboxylic acids is 1. The normalized spacial score (nSPS) is 14.6. The van der Waals surface area contributed by atoms with E-state index in [1.165, 1.54) is 0 Å². The van der Waals surface area contributed by atoms with Crippen LogP contribution in [0, 0.1) is 6.92 Å². The second-order valence-electron chi connectivity index (χ2n) is 5.19. The van der Waals surface area contributed by atoms with E-state index in [-0.39, 0.29) is 12.5 Å². The van der Waals surface area contributed by atoms with Gasteiger partial charge in [0, 0.05) is 30.8 Å². The Morgan fingerprint density at radius 1 is 1.45 bits per heavy atom. The summed E-state index contributed by atoms with van der Waals surface area (Å²) >= 11 is 11.5. The summed E-state index contributed by atoms with van der Waals surface area (Å²) in [4.78, 5) is 15.7. The van der Waals surface area contributed by atoms with Crippen LogP contribution in [0.3, 0.4) is 0 Å². The highest BCUT2D eigenvalue weighted by molar-refractivity contribution is 7.80. The molecule has 0 bridgehead atoms. The topological polar surface area (TPSA) is 44.8 Å². The second kappa shape index (κ2) is 7.76. The lowest BCUT2D eigenvalue weighted by atomic mass is 10.2. The minimum atomic E-state index is 0.0535. The van der Waals surface area contributed by atoms with Crippen LogP contribution in [0.4, 0.5) is 5.69 Å². The lowest BCUT2D eigenvalue weighted by molar-refractivity contribution is -0.135. The Hall–Kier alpha value is -1.37. The molecule has 1 saturated heterocycles. The summed E-state index contributed by atoms with van der Waals surface area (Å²) in [5.74, 6) is 0.0535. The summed E-state index contributed by atoms with van der Waals surface area (Å²) < 4.78 is 5.25. The van der Waals surface area contributed by atoms with Gasteiger partial charge in [0.25, 0.3) is 0 Å². The summed E-state index contributed by atoms with van der Waals surface area (Å²) in [5, 5.41) is 4.31. The number of halogens is 1. The molecule has 0 atom stereocenters. The first-order valence-corrected chi connectivity index (χ1v) is 7.90. The molecule has 120 valence electrons.